The van der Waals surface area contributed by atoms with Gasteiger partial charge in [-0.25, -0.2) is 9.59 Å². The average molecular weight is 443 g/mol. The highest BCUT2D eigenvalue weighted by Crippen LogP contribution is 2.32. The predicted octanol–water partition coefficient (Wildman–Crippen LogP) is 4.90. The van der Waals surface area contributed by atoms with Gasteiger partial charge in [-0.15, -0.1) is 0 Å². The van der Waals surface area contributed by atoms with Crippen molar-refractivity contribution in [3.63, 3.8) is 0 Å². The van der Waals surface area contributed by atoms with Crippen molar-refractivity contribution in [2.45, 2.75) is 26.5 Å². The highest BCUT2D eigenvalue weighted by atomic mass is 16.5. The van der Waals surface area contributed by atoms with Gasteiger partial charge in [-0.1, -0.05) is 72.3 Å². The number of ether oxygens (including phenoxy) is 2. The molecule has 0 spiro atoms. The highest BCUT2D eigenvalue weighted by Gasteiger charge is 2.34. The molecule has 0 fully saturated rings. The Morgan fingerprint density at radius 2 is 1.64 bits per heavy atom. The van der Waals surface area contributed by atoms with Gasteiger partial charge in [0, 0.05) is 0 Å². The normalized spacial score (nSPS) is 15.5. The van der Waals surface area contributed by atoms with Gasteiger partial charge in [-0.2, -0.15) is 0 Å². The number of benzene rings is 3. The fourth-order valence-electron chi connectivity index (χ4n) is 3.68. The van der Waals surface area contributed by atoms with Crippen LogP contribution < -0.4 is 15.4 Å². The van der Waals surface area contributed by atoms with E-state index in [9.17, 15) is 9.59 Å². The van der Waals surface area contributed by atoms with Gasteiger partial charge in [-0.3, -0.25) is 0 Å². The van der Waals surface area contributed by atoms with Crippen molar-refractivity contribution < 1.29 is 19.1 Å². The third-order valence-corrected chi connectivity index (χ3v) is 5.37. The maximum absolute atomic E-state index is 12.9. The summed E-state index contributed by atoms with van der Waals surface area (Å²) in [5, 5.41) is 5.63. The van der Waals surface area contributed by atoms with Gasteiger partial charge in [0.25, 0.3) is 0 Å². The predicted molar refractivity (Wildman–Crippen MR) is 126 cm³/mol. The molecule has 1 aliphatic heterocycles. The first kappa shape index (κ1) is 22.1. The van der Waals surface area contributed by atoms with Crippen molar-refractivity contribution in [2.75, 3.05) is 6.61 Å². The Bertz CT molecular complexity index is 1150. The van der Waals surface area contributed by atoms with Crippen molar-refractivity contribution in [1.82, 2.24) is 10.6 Å². The van der Waals surface area contributed by atoms with Crippen LogP contribution in [-0.4, -0.2) is 18.6 Å². The monoisotopic (exact) mass is 442 g/mol. The summed E-state index contributed by atoms with van der Waals surface area (Å²) in [6, 6.07) is 23.8. The number of hydrogen-bond acceptors (Lipinski definition) is 4. The third kappa shape index (κ3) is 5.23. The number of amides is 2. The Kier molecular flexibility index (Phi) is 6.74. The summed E-state index contributed by atoms with van der Waals surface area (Å²) in [6.45, 7) is 4.49. The van der Waals surface area contributed by atoms with Crippen molar-refractivity contribution in [2.24, 2.45) is 0 Å². The fourth-order valence-corrected chi connectivity index (χ4v) is 3.68. The average Bonchev–Trinajstić information content (AvgIpc) is 2.84. The molecule has 2 N–H and O–H groups in total. The van der Waals surface area contributed by atoms with Crippen LogP contribution in [0.1, 0.15) is 35.2 Å². The van der Waals surface area contributed by atoms with Crippen LogP contribution in [0.15, 0.2) is 84.4 Å². The van der Waals surface area contributed by atoms with Crippen molar-refractivity contribution in [3.05, 3.63) is 107 Å². The van der Waals surface area contributed by atoms with E-state index in [4.69, 9.17) is 9.47 Å². The summed E-state index contributed by atoms with van der Waals surface area (Å²) in [5.74, 6) is 0.220. The van der Waals surface area contributed by atoms with Gasteiger partial charge >= 0.3 is 12.0 Å². The van der Waals surface area contributed by atoms with E-state index in [-0.39, 0.29) is 12.6 Å². The molecule has 3 aromatic carbocycles. The molecule has 3 aromatic rings. The van der Waals surface area contributed by atoms with E-state index in [2.05, 4.69) is 22.8 Å². The minimum atomic E-state index is -0.654. The lowest BCUT2D eigenvalue weighted by Crippen LogP contribution is -2.45. The van der Waals surface area contributed by atoms with Gasteiger partial charge in [0.1, 0.15) is 12.4 Å². The molecule has 0 aromatic heterocycles. The number of aryl methyl sites for hydroxylation is 1. The lowest BCUT2D eigenvalue weighted by molar-refractivity contribution is -0.138. The SMILES string of the molecule is CCOC(=O)C1=C(c2ccccc2)NC(=O)NC1c1ccc(OCc2ccc(C)cc2)cc1. The molecule has 0 aliphatic carbocycles. The molecule has 1 atom stereocenters. The summed E-state index contributed by atoms with van der Waals surface area (Å²) < 4.78 is 11.2. The Morgan fingerprint density at radius 1 is 0.939 bits per heavy atom. The second-order valence-electron chi connectivity index (χ2n) is 7.75. The third-order valence-electron chi connectivity index (χ3n) is 5.37. The minimum Gasteiger partial charge on any atom is -0.489 e. The molecule has 0 saturated heterocycles. The topological polar surface area (TPSA) is 76.7 Å². The molecule has 1 unspecified atom stereocenters. The second-order valence-corrected chi connectivity index (χ2v) is 7.75. The smallest absolute Gasteiger partial charge is 0.338 e. The summed E-state index contributed by atoms with van der Waals surface area (Å²) in [6.07, 6.45) is 0. The number of carbonyl (C=O) groups is 2. The molecule has 33 heavy (non-hydrogen) atoms. The number of urea groups is 1. The molecule has 0 radical (unpaired) electrons. The van der Waals surface area contributed by atoms with Crippen LogP contribution in [0, 0.1) is 6.92 Å². The van der Waals surface area contributed by atoms with Crippen LogP contribution in [0.5, 0.6) is 5.75 Å². The Hall–Kier alpha value is -4.06. The summed E-state index contributed by atoms with van der Waals surface area (Å²) >= 11 is 0. The molecule has 1 aliphatic rings. The quantitative estimate of drug-likeness (QED) is 0.510. The fraction of sp³-hybridized carbons (Fsp3) is 0.185. The number of esters is 1. The van der Waals surface area contributed by atoms with Crippen molar-refractivity contribution >= 4 is 17.7 Å². The number of hydrogen-bond donors (Lipinski definition) is 2. The maximum Gasteiger partial charge on any atom is 0.338 e. The molecular formula is C27H26N2O4. The van der Waals surface area contributed by atoms with Crippen LogP contribution in [-0.2, 0) is 16.1 Å². The van der Waals surface area contributed by atoms with Crippen molar-refractivity contribution in [3.8, 4) is 5.75 Å². The van der Waals surface area contributed by atoms with E-state index in [1.54, 1.807) is 6.92 Å². The van der Waals surface area contributed by atoms with Crippen molar-refractivity contribution in [1.29, 1.82) is 0 Å². The molecular weight excluding hydrogens is 416 g/mol. The van der Waals surface area contributed by atoms with Gasteiger partial charge in [0.05, 0.1) is 23.9 Å². The van der Waals surface area contributed by atoms with E-state index in [0.717, 1.165) is 16.7 Å². The van der Waals surface area contributed by atoms with Crippen LogP contribution in [0.25, 0.3) is 5.70 Å². The highest BCUT2D eigenvalue weighted by molar-refractivity contribution is 6.04. The van der Waals surface area contributed by atoms with Gasteiger partial charge < -0.3 is 20.1 Å². The van der Waals surface area contributed by atoms with Crippen LogP contribution in [0.3, 0.4) is 0 Å². The largest absolute Gasteiger partial charge is 0.489 e. The van der Waals surface area contributed by atoms with E-state index < -0.39 is 12.0 Å². The Balaban J connectivity index is 1.62. The van der Waals surface area contributed by atoms with Crippen LogP contribution >= 0.6 is 0 Å². The second kappa shape index (κ2) is 10.0. The van der Waals surface area contributed by atoms with Gasteiger partial charge in [0.15, 0.2) is 0 Å². The van der Waals surface area contributed by atoms with Crippen LogP contribution in [0.4, 0.5) is 4.79 Å². The number of rotatable bonds is 7. The summed E-state index contributed by atoms with van der Waals surface area (Å²) in [4.78, 5) is 25.4. The summed E-state index contributed by atoms with van der Waals surface area (Å²) in [5.41, 5.74) is 4.57. The van der Waals surface area contributed by atoms with E-state index in [0.29, 0.717) is 23.6 Å². The molecule has 0 saturated carbocycles. The zero-order valence-electron chi connectivity index (χ0n) is 18.6. The molecule has 6 heteroatoms. The Labute approximate surface area is 193 Å². The van der Waals surface area contributed by atoms with E-state index in [1.807, 2.05) is 73.7 Å². The molecule has 6 nitrogen and oxygen atoms in total. The first-order chi connectivity index (χ1) is 16.0. The lowest BCUT2D eigenvalue weighted by atomic mass is 9.92. The molecule has 1 heterocycles. The zero-order valence-corrected chi connectivity index (χ0v) is 18.6. The lowest BCUT2D eigenvalue weighted by Gasteiger charge is -2.29. The first-order valence-corrected chi connectivity index (χ1v) is 10.9. The molecule has 0 bridgehead atoms. The van der Waals surface area contributed by atoms with E-state index in [1.165, 1.54) is 5.56 Å². The standard InChI is InChI=1S/C27H26N2O4/c1-3-32-26(30)23-24(20-7-5-4-6-8-20)28-27(31)29-25(23)21-13-15-22(16-14-21)33-17-19-11-9-18(2)10-12-19/h4-16,25H,3,17H2,1-2H3,(H2,28,29,31). The van der Waals surface area contributed by atoms with E-state index >= 15 is 0 Å². The molecule has 4 rings (SSSR count). The van der Waals surface area contributed by atoms with Crippen LogP contribution in [0.2, 0.25) is 0 Å². The van der Waals surface area contributed by atoms with Gasteiger partial charge in [0.2, 0.25) is 0 Å². The molecule has 168 valence electrons. The number of nitrogens with one attached hydrogen (secondary N) is 2. The van der Waals surface area contributed by atoms with Gasteiger partial charge in [-0.05, 0) is 42.7 Å². The maximum atomic E-state index is 12.9. The Morgan fingerprint density at radius 3 is 2.30 bits per heavy atom. The zero-order chi connectivity index (χ0) is 23.2. The molecule has 2 amide bonds. The summed E-state index contributed by atoms with van der Waals surface area (Å²) in [7, 11) is 0. The minimum absolute atomic E-state index is 0.233. The number of carbonyl (C=O) groups excluding carboxylic acids is 2. The first-order valence-electron chi connectivity index (χ1n) is 10.9.